The Morgan fingerprint density at radius 2 is 1.86 bits per heavy atom. The second kappa shape index (κ2) is 8.60. The van der Waals surface area contributed by atoms with Gasteiger partial charge < -0.3 is 20.0 Å². The van der Waals surface area contributed by atoms with E-state index in [0.29, 0.717) is 11.4 Å². The number of rotatable bonds is 6. The molecule has 0 spiro atoms. The molecule has 1 aromatic carbocycles. The van der Waals surface area contributed by atoms with Crippen LogP contribution in [0.2, 0.25) is 0 Å². The maximum absolute atomic E-state index is 12.0. The third-order valence-corrected chi connectivity index (χ3v) is 4.60. The van der Waals surface area contributed by atoms with Crippen LogP contribution in [0, 0.1) is 6.92 Å². The van der Waals surface area contributed by atoms with Gasteiger partial charge in [-0.15, -0.1) is 0 Å². The molecule has 1 fully saturated rings. The highest BCUT2D eigenvalue weighted by Gasteiger charge is 2.16. The van der Waals surface area contributed by atoms with Crippen molar-refractivity contribution in [2.75, 3.05) is 28.6 Å². The standard InChI is InChI=1S/C22H23N5O2/c1-16-15-20(26-22(23-16)27-12-2-3-13-27)24-17-6-8-18(9-7-17)25-21(28)11-10-19-5-4-14-29-19/h4-11,14-15H,2-3,12-13H2,1H3,(H,25,28)(H,23,24,26). The lowest BCUT2D eigenvalue weighted by atomic mass is 10.2. The molecule has 1 aliphatic rings. The monoisotopic (exact) mass is 389 g/mol. The number of nitrogens with one attached hydrogen (secondary N) is 2. The Hall–Kier alpha value is -3.61. The van der Waals surface area contributed by atoms with Crippen LogP contribution in [0.5, 0.6) is 0 Å². The first kappa shape index (κ1) is 18.7. The number of hydrogen-bond donors (Lipinski definition) is 2. The van der Waals surface area contributed by atoms with Crippen LogP contribution in [0.3, 0.4) is 0 Å². The third-order valence-electron chi connectivity index (χ3n) is 4.60. The van der Waals surface area contributed by atoms with Gasteiger partial charge in [0.25, 0.3) is 0 Å². The second-order valence-corrected chi connectivity index (χ2v) is 6.93. The quantitative estimate of drug-likeness (QED) is 0.609. The molecule has 2 N–H and O–H groups in total. The van der Waals surface area contributed by atoms with E-state index in [1.54, 1.807) is 24.5 Å². The molecule has 3 heterocycles. The Morgan fingerprint density at radius 3 is 2.59 bits per heavy atom. The van der Waals surface area contributed by atoms with Crippen molar-refractivity contribution in [2.45, 2.75) is 19.8 Å². The first-order chi connectivity index (χ1) is 14.2. The smallest absolute Gasteiger partial charge is 0.248 e. The molecule has 1 aliphatic heterocycles. The molecule has 1 amide bonds. The van der Waals surface area contributed by atoms with E-state index in [2.05, 4.69) is 25.5 Å². The Balaban J connectivity index is 1.38. The summed E-state index contributed by atoms with van der Waals surface area (Å²) in [6.45, 7) is 3.98. The first-order valence-electron chi connectivity index (χ1n) is 9.66. The molecule has 3 aromatic rings. The summed E-state index contributed by atoms with van der Waals surface area (Å²) in [5, 5.41) is 6.14. The maximum Gasteiger partial charge on any atom is 0.248 e. The van der Waals surface area contributed by atoms with Crippen LogP contribution in [0.1, 0.15) is 24.3 Å². The van der Waals surface area contributed by atoms with Crippen molar-refractivity contribution < 1.29 is 9.21 Å². The molecule has 7 heteroatoms. The van der Waals surface area contributed by atoms with Crippen molar-refractivity contribution in [1.82, 2.24) is 9.97 Å². The van der Waals surface area contributed by atoms with Crippen LogP contribution < -0.4 is 15.5 Å². The Bertz CT molecular complexity index is 991. The summed E-state index contributed by atoms with van der Waals surface area (Å²) in [4.78, 5) is 23.4. The SMILES string of the molecule is Cc1cc(Nc2ccc(NC(=O)C=Cc3ccco3)cc2)nc(N2CCCC2)n1. The third kappa shape index (κ3) is 5.01. The van der Waals surface area contributed by atoms with Crippen molar-refractivity contribution in [1.29, 1.82) is 0 Å². The van der Waals surface area contributed by atoms with Crippen molar-refractivity contribution in [3.05, 3.63) is 66.3 Å². The van der Waals surface area contributed by atoms with Crippen LogP contribution in [0.25, 0.3) is 6.08 Å². The topological polar surface area (TPSA) is 83.3 Å². The van der Waals surface area contributed by atoms with Gasteiger partial charge in [0.1, 0.15) is 11.6 Å². The minimum atomic E-state index is -0.219. The van der Waals surface area contributed by atoms with Crippen LogP contribution in [-0.2, 0) is 4.79 Å². The summed E-state index contributed by atoms with van der Waals surface area (Å²) in [5.74, 6) is 1.95. The molecule has 4 rings (SSSR count). The molecule has 0 bridgehead atoms. The van der Waals surface area contributed by atoms with Crippen LogP contribution >= 0.6 is 0 Å². The van der Waals surface area contributed by atoms with Gasteiger partial charge in [0.2, 0.25) is 11.9 Å². The van der Waals surface area contributed by atoms with Gasteiger partial charge >= 0.3 is 0 Å². The van der Waals surface area contributed by atoms with Gasteiger partial charge in [-0.3, -0.25) is 4.79 Å². The number of hydrogen-bond acceptors (Lipinski definition) is 6. The van der Waals surface area contributed by atoms with E-state index >= 15 is 0 Å². The van der Waals surface area contributed by atoms with Gasteiger partial charge in [0, 0.05) is 42.3 Å². The highest BCUT2D eigenvalue weighted by Crippen LogP contribution is 2.22. The molecule has 1 saturated heterocycles. The number of nitrogens with zero attached hydrogens (tertiary/aromatic N) is 3. The molecule has 29 heavy (non-hydrogen) atoms. The average Bonchev–Trinajstić information content (AvgIpc) is 3.42. The number of aromatic nitrogens is 2. The second-order valence-electron chi connectivity index (χ2n) is 6.93. The van der Waals surface area contributed by atoms with E-state index < -0.39 is 0 Å². The predicted octanol–water partition coefficient (Wildman–Crippen LogP) is 4.37. The number of furan rings is 1. The van der Waals surface area contributed by atoms with E-state index in [4.69, 9.17) is 4.42 Å². The van der Waals surface area contributed by atoms with Crippen LogP contribution in [-0.4, -0.2) is 29.0 Å². The van der Waals surface area contributed by atoms with E-state index in [-0.39, 0.29) is 5.91 Å². The maximum atomic E-state index is 12.0. The summed E-state index contributed by atoms with van der Waals surface area (Å²) < 4.78 is 5.17. The normalized spacial score (nSPS) is 13.8. The van der Waals surface area contributed by atoms with E-state index in [1.165, 1.54) is 18.9 Å². The Kier molecular flexibility index (Phi) is 5.56. The molecule has 0 unspecified atom stereocenters. The fourth-order valence-corrected chi connectivity index (χ4v) is 3.19. The average molecular weight is 389 g/mol. The Morgan fingerprint density at radius 1 is 1.10 bits per heavy atom. The van der Waals surface area contributed by atoms with Gasteiger partial charge in [-0.25, -0.2) is 4.98 Å². The van der Waals surface area contributed by atoms with Gasteiger partial charge in [-0.05, 0) is 62.2 Å². The zero-order valence-corrected chi connectivity index (χ0v) is 16.3. The van der Waals surface area contributed by atoms with E-state index in [1.807, 2.05) is 37.3 Å². The molecule has 0 radical (unpaired) electrons. The van der Waals surface area contributed by atoms with E-state index in [0.717, 1.165) is 36.2 Å². The lowest BCUT2D eigenvalue weighted by Gasteiger charge is -2.17. The van der Waals surface area contributed by atoms with Crippen molar-refractivity contribution >= 4 is 35.1 Å². The van der Waals surface area contributed by atoms with Gasteiger partial charge in [0.15, 0.2) is 0 Å². The van der Waals surface area contributed by atoms with Crippen molar-refractivity contribution in [3.63, 3.8) is 0 Å². The minimum Gasteiger partial charge on any atom is -0.465 e. The molecule has 2 aromatic heterocycles. The zero-order chi connectivity index (χ0) is 20.1. The lowest BCUT2D eigenvalue weighted by Crippen LogP contribution is -2.21. The largest absolute Gasteiger partial charge is 0.465 e. The molecule has 0 saturated carbocycles. The van der Waals surface area contributed by atoms with Crippen LogP contribution in [0.4, 0.5) is 23.1 Å². The highest BCUT2D eigenvalue weighted by atomic mass is 16.3. The molecule has 0 aliphatic carbocycles. The Labute approximate surface area is 169 Å². The molecular formula is C22H23N5O2. The first-order valence-corrected chi connectivity index (χ1v) is 9.66. The number of aryl methyl sites for hydroxylation is 1. The summed E-state index contributed by atoms with van der Waals surface area (Å²) in [6, 6.07) is 13.0. The number of anilines is 4. The number of amides is 1. The number of benzene rings is 1. The molecule has 7 nitrogen and oxygen atoms in total. The highest BCUT2D eigenvalue weighted by molar-refractivity contribution is 6.01. The molecular weight excluding hydrogens is 366 g/mol. The van der Waals surface area contributed by atoms with Crippen molar-refractivity contribution in [3.8, 4) is 0 Å². The van der Waals surface area contributed by atoms with Gasteiger partial charge in [-0.2, -0.15) is 4.98 Å². The summed E-state index contributed by atoms with van der Waals surface area (Å²) in [7, 11) is 0. The fourth-order valence-electron chi connectivity index (χ4n) is 3.19. The summed E-state index contributed by atoms with van der Waals surface area (Å²) >= 11 is 0. The minimum absolute atomic E-state index is 0.219. The summed E-state index contributed by atoms with van der Waals surface area (Å²) in [6.07, 6.45) is 7.00. The number of carbonyl (C=O) groups is 1. The fraction of sp³-hybridized carbons (Fsp3) is 0.227. The van der Waals surface area contributed by atoms with Gasteiger partial charge in [0.05, 0.1) is 6.26 Å². The molecule has 148 valence electrons. The van der Waals surface area contributed by atoms with Crippen molar-refractivity contribution in [2.24, 2.45) is 0 Å². The molecule has 0 atom stereocenters. The van der Waals surface area contributed by atoms with E-state index in [9.17, 15) is 4.79 Å². The zero-order valence-electron chi connectivity index (χ0n) is 16.3. The number of carbonyl (C=O) groups excluding carboxylic acids is 1. The predicted molar refractivity (Wildman–Crippen MR) is 114 cm³/mol. The van der Waals surface area contributed by atoms with Crippen LogP contribution in [0.15, 0.2) is 59.2 Å². The van der Waals surface area contributed by atoms with Gasteiger partial charge in [-0.1, -0.05) is 0 Å². The lowest BCUT2D eigenvalue weighted by molar-refractivity contribution is -0.111. The summed E-state index contributed by atoms with van der Waals surface area (Å²) in [5.41, 5.74) is 2.53.